The summed E-state index contributed by atoms with van der Waals surface area (Å²) in [5.74, 6) is 0.468. The minimum atomic E-state index is -0.770. The van der Waals surface area contributed by atoms with E-state index >= 15 is 0 Å². The second-order valence-electron chi connectivity index (χ2n) is 5.55. The molecule has 1 rings (SSSR count). The highest BCUT2D eigenvalue weighted by molar-refractivity contribution is 5.88. The number of pyridine rings is 1. The van der Waals surface area contributed by atoms with Crippen molar-refractivity contribution < 1.29 is 24.1 Å². The molecule has 24 heavy (non-hydrogen) atoms. The SMILES string of the molecule is COc1ccc(NC(=O)N(C)CC(O)COCCOC(C)C)cn1. The van der Waals surface area contributed by atoms with Gasteiger partial charge in [0.25, 0.3) is 0 Å². The van der Waals surface area contributed by atoms with E-state index < -0.39 is 6.10 Å². The van der Waals surface area contributed by atoms with Crippen LogP contribution in [0.2, 0.25) is 0 Å². The Morgan fingerprint density at radius 3 is 2.71 bits per heavy atom. The number of ether oxygens (including phenoxy) is 3. The van der Waals surface area contributed by atoms with Gasteiger partial charge in [-0.15, -0.1) is 0 Å². The quantitative estimate of drug-likeness (QED) is 0.624. The van der Waals surface area contributed by atoms with Crippen LogP contribution in [-0.4, -0.2) is 73.8 Å². The molecule has 0 radical (unpaired) electrons. The second-order valence-corrected chi connectivity index (χ2v) is 5.55. The first-order chi connectivity index (χ1) is 11.4. The summed E-state index contributed by atoms with van der Waals surface area (Å²) in [6, 6.07) is 2.99. The van der Waals surface area contributed by atoms with Crippen LogP contribution < -0.4 is 10.1 Å². The van der Waals surface area contributed by atoms with Crippen molar-refractivity contribution in [1.29, 1.82) is 0 Å². The molecule has 2 N–H and O–H groups in total. The molecule has 2 amide bonds. The molecule has 1 heterocycles. The van der Waals surface area contributed by atoms with E-state index in [1.807, 2.05) is 13.8 Å². The van der Waals surface area contributed by atoms with E-state index in [9.17, 15) is 9.90 Å². The molecule has 0 aliphatic rings. The van der Waals surface area contributed by atoms with Crippen molar-refractivity contribution in [2.75, 3.05) is 45.8 Å². The minimum Gasteiger partial charge on any atom is -0.481 e. The Hall–Kier alpha value is -1.90. The lowest BCUT2D eigenvalue weighted by Gasteiger charge is -2.21. The number of rotatable bonds is 10. The van der Waals surface area contributed by atoms with Gasteiger partial charge in [0.1, 0.15) is 0 Å². The maximum atomic E-state index is 12.0. The molecule has 0 saturated carbocycles. The fraction of sp³-hybridized carbons (Fsp3) is 0.625. The highest BCUT2D eigenvalue weighted by atomic mass is 16.5. The van der Waals surface area contributed by atoms with Crippen LogP contribution in [-0.2, 0) is 9.47 Å². The molecule has 1 aromatic rings. The van der Waals surface area contributed by atoms with Crippen molar-refractivity contribution in [1.82, 2.24) is 9.88 Å². The molecule has 0 aliphatic carbocycles. The number of hydrogen-bond acceptors (Lipinski definition) is 6. The number of methoxy groups -OCH3 is 1. The van der Waals surface area contributed by atoms with Crippen molar-refractivity contribution in [3.05, 3.63) is 18.3 Å². The van der Waals surface area contributed by atoms with Gasteiger partial charge in [0.15, 0.2) is 0 Å². The number of nitrogens with one attached hydrogen (secondary N) is 1. The zero-order valence-electron chi connectivity index (χ0n) is 14.7. The fourth-order valence-electron chi connectivity index (χ4n) is 1.81. The molecule has 1 aromatic heterocycles. The first-order valence-corrected chi connectivity index (χ1v) is 7.82. The molecule has 136 valence electrons. The van der Waals surface area contributed by atoms with Gasteiger partial charge < -0.3 is 29.5 Å². The van der Waals surface area contributed by atoms with Gasteiger partial charge in [0, 0.05) is 13.1 Å². The maximum absolute atomic E-state index is 12.0. The summed E-state index contributed by atoms with van der Waals surface area (Å²) in [5, 5.41) is 12.6. The molecule has 1 atom stereocenters. The van der Waals surface area contributed by atoms with E-state index in [0.717, 1.165) is 0 Å². The Bertz CT molecular complexity index is 481. The van der Waals surface area contributed by atoms with Gasteiger partial charge >= 0.3 is 6.03 Å². The maximum Gasteiger partial charge on any atom is 0.321 e. The Labute approximate surface area is 142 Å². The second kappa shape index (κ2) is 10.8. The molecule has 8 nitrogen and oxygen atoms in total. The normalized spacial score (nSPS) is 12.1. The minimum absolute atomic E-state index is 0.142. The van der Waals surface area contributed by atoms with E-state index in [-0.39, 0.29) is 25.3 Å². The predicted molar refractivity (Wildman–Crippen MR) is 90.4 cm³/mol. The lowest BCUT2D eigenvalue weighted by atomic mass is 10.3. The first kappa shape index (κ1) is 20.1. The van der Waals surface area contributed by atoms with E-state index in [1.165, 1.54) is 18.2 Å². The Balaban J connectivity index is 2.26. The molecular weight excluding hydrogens is 314 g/mol. The number of aliphatic hydroxyl groups excluding tert-OH is 1. The Morgan fingerprint density at radius 2 is 2.12 bits per heavy atom. The number of aliphatic hydroxyl groups is 1. The summed E-state index contributed by atoms with van der Waals surface area (Å²) >= 11 is 0. The number of aromatic nitrogens is 1. The summed E-state index contributed by atoms with van der Waals surface area (Å²) in [6.45, 7) is 5.07. The number of likely N-dealkylation sites (N-methyl/N-ethyl adjacent to an activating group) is 1. The number of anilines is 1. The molecule has 0 aromatic carbocycles. The van der Waals surface area contributed by atoms with Crippen LogP contribution in [0, 0.1) is 0 Å². The van der Waals surface area contributed by atoms with E-state index in [4.69, 9.17) is 14.2 Å². The standard InChI is InChI=1S/C16H27N3O5/c1-12(2)24-8-7-23-11-14(20)10-19(3)16(21)18-13-5-6-15(22-4)17-9-13/h5-6,9,12,14,20H,7-8,10-11H2,1-4H3,(H,18,21). The lowest BCUT2D eigenvalue weighted by molar-refractivity contribution is -0.0144. The van der Waals surface area contributed by atoms with E-state index in [2.05, 4.69) is 10.3 Å². The number of amides is 2. The van der Waals surface area contributed by atoms with Gasteiger partial charge in [0.05, 0.1) is 57.6 Å². The zero-order valence-corrected chi connectivity index (χ0v) is 14.7. The number of urea groups is 1. The fourth-order valence-corrected chi connectivity index (χ4v) is 1.81. The van der Waals surface area contributed by atoms with Gasteiger partial charge in [-0.2, -0.15) is 0 Å². The topological polar surface area (TPSA) is 93.2 Å². The van der Waals surface area contributed by atoms with Gasteiger partial charge in [-0.05, 0) is 19.9 Å². The van der Waals surface area contributed by atoms with Crippen molar-refractivity contribution in [2.45, 2.75) is 26.1 Å². The van der Waals surface area contributed by atoms with Gasteiger partial charge in [0.2, 0.25) is 5.88 Å². The number of nitrogens with zero attached hydrogens (tertiary/aromatic N) is 2. The molecule has 8 heteroatoms. The highest BCUT2D eigenvalue weighted by Crippen LogP contribution is 2.11. The third-order valence-corrected chi connectivity index (χ3v) is 3.02. The van der Waals surface area contributed by atoms with Crippen LogP contribution in [0.1, 0.15) is 13.8 Å². The van der Waals surface area contributed by atoms with Crippen LogP contribution in [0.3, 0.4) is 0 Å². The van der Waals surface area contributed by atoms with Gasteiger partial charge in [-0.3, -0.25) is 0 Å². The summed E-state index contributed by atoms with van der Waals surface area (Å²) in [4.78, 5) is 17.4. The molecule has 0 aliphatic heterocycles. The third kappa shape index (κ3) is 8.09. The zero-order chi connectivity index (χ0) is 17.9. The predicted octanol–water partition coefficient (Wildman–Crippen LogP) is 1.36. The van der Waals surface area contributed by atoms with Crippen LogP contribution >= 0.6 is 0 Å². The third-order valence-electron chi connectivity index (χ3n) is 3.02. The molecule has 1 unspecified atom stereocenters. The number of carbonyl (C=O) groups is 1. The monoisotopic (exact) mass is 341 g/mol. The van der Waals surface area contributed by atoms with Crippen LogP contribution in [0.5, 0.6) is 5.88 Å². The smallest absolute Gasteiger partial charge is 0.321 e. The summed E-state index contributed by atoms with van der Waals surface area (Å²) in [5.41, 5.74) is 0.546. The average molecular weight is 341 g/mol. The van der Waals surface area contributed by atoms with Crippen molar-refractivity contribution in [2.24, 2.45) is 0 Å². The van der Waals surface area contributed by atoms with Crippen molar-refractivity contribution in [3.63, 3.8) is 0 Å². The van der Waals surface area contributed by atoms with E-state index in [1.54, 1.807) is 19.2 Å². The van der Waals surface area contributed by atoms with Crippen LogP contribution in [0.15, 0.2) is 18.3 Å². The van der Waals surface area contributed by atoms with Crippen molar-refractivity contribution >= 4 is 11.7 Å². The summed E-state index contributed by atoms with van der Waals surface area (Å²) in [6.07, 6.45) is 0.883. The van der Waals surface area contributed by atoms with Crippen molar-refractivity contribution in [3.8, 4) is 5.88 Å². The molecule has 0 saturated heterocycles. The average Bonchev–Trinajstić information content (AvgIpc) is 2.54. The summed E-state index contributed by atoms with van der Waals surface area (Å²) < 4.78 is 15.6. The Morgan fingerprint density at radius 1 is 1.38 bits per heavy atom. The van der Waals surface area contributed by atoms with Gasteiger partial charge in [-0.1, -0.05) is 0 Å². The number of carbonyl (C=O) groups excluding carboxylic acids is 1. The summed E-state index contributed by atoms with van der Waals surface area (Å²) in [7, 11) is 3.12. The molecule has 0 fully saturated rings. The molecule has 0 spiro atoms. The van der Waals surface area contributed by atoms with E-state index in [0.29, 0.717) is 24.8 Å². The largest absolute Gasteiger partial charge is 0.481 e. The molecular formula is C16H27N3O5. The van der Waals surface area contributed by atoms with Crippen LogP contribution in [0.25, 0.3) is 0 Å². The van der Waals surface area contributed by atoms with Crippen LogP contribution in [0.4, 0.5) is 10.5 Å². The number of hydrogen-bond donors (Lipinski definition) is 2. The lowest BCUT2D eigenvalue weighted by Crippen LogP contribution is -2.39. The Kier molecular flexibility index (Phi) is 9.06. The highest BCUT2D eigenvalue weighted by Gasteiger charge is 2.14. The first-order valence-electron chi connectivity index (χ1n) is 7.82. The van der Waals surface area contributed by atoms with Gasteiger partial charge in [-0.25, -0.2) is 9.78 Å². The molecule has 0 bridgehead atoms.